The molecule has 1 unspecified atom stereocenters. The van der Waals surface area contributed by atoms with Crippen molar-refractivity contribution in [1.82, 2.24) is 0 Å². The standard InChI is InChI=1S/C12H19N3O3/c1-2-3-18-10-5-8(13)4-9(6-10)15-7-11(16)12(14)17/h4-6,11,15-16H,2-3,7,13H2,1H3,(H2,14,17). The number of rotatable bonds is 7. The van der Waals surface area contributed by atoms with E-state index in [2.05, 4.69) is 5.32 Å². The molecule has 0 aliphatic heterocycles. The first-order chi connectivity index (χ1) is 8.52. The van der Waals surface area contributed by atoms with Gasteiger partial charge in [-0.1, -0.05) is 6.92 Å². The SMILES string of the molecule is CCCOc1cc(N)cc(NCC(O)C(N)=O)c1. The summed E-state index contributed by atoms with van der Waals surface area (Å²) >= 11 is 0. The first-order valence-electron chi connectivity index (χ1n) is 5.77. The lowest BCUT2D eigenvalue weighted by atomic mass is 10.2. The van der Waals surface area contributed by atoms with Crippen LogP contribution < -0.4 is 21.5 Å². The molecule has 0 fully saturated rings. The quantitative estimate of drug-likeness (QED) is 0.523. The highest BCUT2D eigenvalue weighted by molar-refractivity contribution is 5.79. The third-order valence-electron chi connectivity index (χ3n) is 2.23. The van der Waals surface area contributed by atoms with E-state index in [9.17, 15) is 9.90 Å². The number of nitrogens with one attached hydrogen (secondary N) is 1. The van der Waals surface area contributed by atoms with E-state index in [-0.39, 0.29) is 6.54 Å². The Kier molecular flexibility index (Phi) is 5.26. The predicted molar refractivity (Wildman–Crippen MR) is 70.3 cm³/mol. The summed E-state index contributed by atoms with van der Waals surface area (Å²) < 4.78 is 5.46. The van der Waals surface area contributed by atoms with Crippen LogP contribution in [0.1, 0.15) is 13.3 Å². The number of aliphatic hydroxyl groups excluding tert-OH is 1. The van der Waals surface area contributed by atoms with Crippen LogP contribution in [0.2, 0.25) is 0 Å². The monoisotopic (exact) mass is 253 g/mol. The van der Waals surface area contributed by atoms with E-state index in [0.717, 1.165) is 6.42 Å². The number of primary amides is 1. The largest absolute Gasteiger partial charge is 0.493 e. The molecule has 100 valence electrons. The number of carbonyl (C=O) groups is 1. The van der Waals surface area contributed by atoms with Crippen LogP contribution in [0.25, 0.3) is 0 Å². The van der Waals surface area contributed by atoms with Crippen molar-refractivity contribution in [3.05, 3.63) is 18.2 Å². The van der Waals surface area contributed by atoms with E-state index < -0.39 is 12.0 Å². The molecule has 1 rings (SSSR count). The summed E-state index contributed by atoms with van der Waals surface area (Å²) in [6, 6.07) is 5.15. The van der Waals surface area contributed by atoms with E-state index in [1.807, 2.05) is 6.92 Å². The van der Waals surface area contributed by atoms with Crippen LogP contribution >= 0.6 is 0 Å². The van der Waals surface area contributed by atoms with Crippen molar-refractivity contribution in [3.8, 4) is 5.75 Å². The van der Waals surface area contributed by atoms with Gasteiger partial charge in [0.15, 0.2) is 0 Å². The Morgan fingerprint density at radius 3 is 2.83 bits per heavy atom. The summed E-state index contributed by atoms with van der Waals surface area (Å²) in [5.41, 5.74) is 11.9. The fourth-order valence-electron chi connectivity index (χ4n) is 1.34. The Hall–Kier alpha value is -1.95. The van der Waals surface area contributed by atoms with Crippen molar-refractivity contribution in [2.75, 3.05) is 24.2 Å². The molecule has 1 aromatic carbocycles. The highest BCUT2D eigenvalue weighted by Crippen LogP contribution is 2.22. The van der Waals surface area contributed by atoms with E-state index in [0.29, 0.717) is 23.7 Å². The second-order valence-electron chi connectivity index (χ2n) is 3.94. The molecule has 1 amide bonds. The first-order valence-corrected chi connectivity index (χ1v) is 5.77. The lowest BCUT2D eigenvalue weighted by Crippen LogP contribution is -2.34. The Balaban J connectivity index is 2.64. The van der Waals surface area contributed by atoms with E-state index in [1.165, 1.54) is 0 Å². The van der Waals surface area contributed by atoms with Gasteiger partial charge in [-0.2, -0.15) is 0 Å². The number of carbonyl (C=O) groups excluding carboxylic acids is 1. The van der Waals surface area contributed by atoms with Crippen LogP contribution in [-0.4, -0.2) is 30.3 Å². The van der Waals surface area contributed by atoms with Crippen molar-refractivity contribution >= 4 is 17.3 Å². The lowest BCUT2D eigenvalue weighted by Gasteiger charge is -2.12. The maximum atomic E-state index is 10.7. The van der Waals surface area contributed by atoms with Crippen molar-refractivity contribution in [2.24, 2.45) is 5.73 Å². The number of nitrogen functional groups attached to an aromatic ring is 1. The molecule has 0 aliphatic rings. The topological polar surface area (TPSA) is 111 Å². The average molecular weight is 253 g/mol. The molecule has 0 aliphatic carbocycles. The Bertz CT molecular complexity index is 410. The van der Waals surface area contributed by atoms with Crippen molar-refractivity contribution in [3.63, 3.8) is 0 Å². The summed E-state index contributed by atoms with van der Waals surface area (Å²) in [5.74, 6) is -0.123. The number of hydrogen-bond acceptors (Lipinski definition) is 5. The van der Waals surface area contributed by atoms with Crippen molar-refractivity contribution in [2.45, 2.75) is 19.4 Å². The minimum absolute atomic E-state index is 0.0337. The molecule has 1 aromatic rings. The minimum atomic E-state index is -1.23. The number of ether oxygens (including phenoxy) is 1. The third-order valence-corrected chi connectivity index (χ3v) is 2.23. The average Bonchev–Trinajstić information content (AvgIpc) is 2.32. The Labute approximate surface area is 106 Å². The van der Waals surface area contributed by atoms with E-state index in [4.69, 9.17) is 16.2 Å². The van der Waals surface area contributed by atoms with Crippen LogP contribution in [0.4, 0.5) is 11.4 Å². The zero-order valence-electron chi connectivity index (χ0n) is 10.3. The van der Waals surface area contributed by atoms with Crippen molar-refractivity contribution in [1.29, 1.82) is 0 Å². The molecule has 0 bridgehead atoms. The maximum absolute atomic E-state index is 10.7. The zero-order valence-corrected chi connectivity index (χ0v) is 10.3. The van der Waals surface area contributed by atoms with E-state index in [1.54, 1.807) is 18.2 Å². The number of benzene rings is 1. The van der Waals surface area contributed by atoms with Crippen molar-refractivity contribution < 1.29 is 14.6 Å². The molecular formula is C12H19N3O3. The van der Waals surface area contributed by atoms with Crippen LogP contribution in [-0.2, 0) is 4.79 Å². The number of amides is 1. The van der Waals surface area contributed by atoms with Gasteiger partial charge < -0.3 is 26.6 Å². The Morgan fingerprint density at radius 1 is 1.50 bits per heavy atom. The molecule has 18 heavy (non-hydrogen) atoms. The van der Waals surface area contributed by atoms with Crippen LogP contribution in [0.5, 0.6) is 5.75 Å². The molecule has 0 saturated carbocycles. The highest BCUT2D eigenvalue weighted by Gasteiger charge is 2.10. The summed E-state index contributed by atoms with van der Waals surface area (Å²) in [7, 11) is 0. The van der Waals surface area contributed by atoms with Gasteiger partial charge in [0.25, 0.3) is 0 Å². The number of aliphatic hydroxyl groups is 1. The molecule has 0 heterocycles. The van der Waals surface area contributed by atoms with Gasteiger partial charge in [-0.15, -0.1) is 0 Å². The third kappa shape index (κ3) is 4.50. The zero-order chi connectivity index (χ0) is 13.5. The second kappa shape index (κ2) is 6.70. The predicted octanol–water partition coefficient (Wildman–Crippen LogP) is 0.316. The fourth-order valence-corrected chi connectivity index (χ4v) is 1.34. The smallest absolute Gasteiger partial charge is 0.248 e. The summed E-state index contributed by atoms with van der Waals surface area (Å²) in [6.07, 6.45) is -0.329. The summed E-state index contributed by atoms with van der Waals surface area (Å²) in [4.78, 5) is 10.7. The van der Waals surface area contributed by atoms with Gasteiger partial charge in [-0.05, 0) is 12.5 Å². The minimum Gasteiger partial charge on any atom is -0.493 e. The van der Waals surface area contributed by atoms with Gasteiger partial charge in [0, 0.05) is 30.1 Å². The molecule has 6 nitrogen and oxygen atoms in total. The van der Waals surface area contributed by atoms with Crippen LogP contribution in [0.3, 0.4) is 0 Å². The summed E-state index contributed by atoms with van der Waals surface area (Å²) in [6.45, 7) is 2.65. The number of hydrogen-bond donors (Lipinski definition) is 4. The normalized spacial score (nSPS) is 11.9. The van der Waals surface area contributed by atoms with E-state index >= 15 is 0 Å². The molecule has 1 atom stereocenters. The lowest BCUT2D eigenvalue weighted by molar-refractivity contribution is -0.125. The molecule has 0 radical (unpaired) electrons. The Morgan fingerprint density at radius 2 is 2.22 bits per heavy atom. The van der Waals surface area contributed by atoms with Gasteiger partial charge >= 0.3 is 0 Å². The van der Waals surface area contributed by atoms with Gasteiger partial charge in [-0.3, -0.25) is 4.79 Å². The van der Waals surface area contributed by atoms with Crippen LogP contribution in [0, 0.1) is 0 Å². The second-order valence-corrected chi connectivity index (χ2v) is 3.94. The molecule has 6 heteroatoms. The molecule has 0 saturated heterocycles. The molecule has 6 N–H and O–H groups in total. The van der Waals surface area contributed by atoms with Gasteiger partial charge in [0.05, 0.1) is 6.61 Å². The summed E-state index contributed by atoms with van der Waals surface area (Å²) in [5, 5.41) is 12.1. The van der Waals surface area contributed by atoms with Gasteiger partial charge in [0.1, 0.15) is 11.9 Å². The van der Waals surface area contributed by atoms with Gasteiger partial charge in [0.2, 0.25) is 5.91 Å². The highest BCUT2D eigenvalue weighted by atomic mass is 16.5. The number of anilines is 2. The van der Waals surface area contributed by atoms with Crippen LogP contribution in [0.15, 0.2) is 18.2 Å². The fraction of sp³-hybridized carbons (Fsp3) is 0.417. The first kappa shape index (κ1) is 14.1. The maximum Gasteiger partial charge on any atom is 0.248 e. The molecule has 0 spiro atoms. The molecule has 0 aromatic heterocycles. The number of nitrogens with two attached hydrogens (primary N) is 2. The van der Waals surface area contributed by atoms with Gasteiger partial charge in [-0.25, -0.2) is 0 Å². The molecular weight excluding hydrogens is 234 g/mol.